The number of carbonyl (C=O) groups excluding carboxylic acids is 12. The lowest BCUT2D eigenvalue weighted by Gasteiger charge is -2.30. The van der Waals surface area contributed by atoms with Crippen LogP contribution in [0.1, 0.15) is 0 Å². The number of hydrazine groups is 4. The summed E-state index contributed by atoms with van der Waals surface area (Å²) in [5.74, 6) is 14.6. The first-order valence-corrected chi connectivity index (χ1v) is 22.6. The monoisotopic (exact) mass is 1080 g/mol. The summed E-state index contributed by atoms with van der Waals surface area (Å²) in [6, 6.07) is 0. The van der Waals surface area contributed by atoms with E-state index in [4.69, 9.17) is 23.4 Å². The zero-order valence-electron chi connectivity index (χ0n) is 41.9. The van der Waals surface area contributed by atoms with Gasteiger partial charge in [0.2, 0.25) is 23.6 Å². The van der Waals surface area contributed by atoms with Crippen LogP contribution in [0.4, 0.5) is 0 Å². The average Bonchev–Trinajstić information content (AvgIpc) is 3.88. The van der Waals surface area contributed by atoms with Gasteiger partial charge in [-0.2, -0.15) is 20.4 Å². The topological polar surface area (TPSA) is 481 Å². The van der Waals surface area contributed by atoms with Gasteiger partial charge in [0.05, 0.1) is 52.4 Å². The molecule has 420 valence electrons. The molecule has 36 nitrogen and oxygen atoms in total. The van der Waals surface area contributed by atoms with E-state index in [1.807, 2.05) is 31.5 Å². The van der Waals surface area contributed by atoms with Crippen molar-refractivity contribution in [3.63, 3.8) is 0 Å². The summed E-state index contributed by atoms with van der Waals surface area (Å²) in [5.41, 5.74) is 16.7. The Kier molecular flexibility index (Phi) is 32.5. The minimum atomic E-state index is -0.530. The Bertz CT molecular complexity index is 1920. The second-order valence-electron chi connectivity index (χ2n) is 15.9. The number of hydrogen-bond donors (Lipinski definition) is 12. The number of nitrogens with two attached hydrogens (primary N) is 4. The van der Waals surface area contributed by atoms with Gasteiger partial charge in [0, 0.05) is 130 Å². The normalized spacial score (nSPS) is 12.7. The first-order chi connectivity index (χ1) is 36.2. The third kappa shape index (κ3) is 27.7. The molecule has 2 aliphatic heterocycles. The van der Waals surface area contributed by atoms with E-state index < -0.39 is 70.9 Å². The Morgan fingerprint density at radius 1 is 0.342 bits per heavy atom. The largest absolute Gasteiger partial charge is 0.299 e. The van der Waals surface area contributed by atoms with Crippen LogP contribution in [0.3, 0.4) is 0 Å². The van der Waals surface area contributed by atoms with E-state index in [9.17, 15) is 57.5 Å². The Morgan fingerprint density at radius 3 is 0.711 bits per heavy atom. The van der Waals surface area contributed by atoms with Crippen LogP contribution in [-0.4, -0.2) is 268 Å². The number of carbonyl (C=O) groups is 12. The van der Waals surface area contributed by atoms with Gasteiger partial charge in [0.15, 0.2) is 0 Å². The molecule has 2 aliphatic rings. The maximum atomic E-state index is 12.1. The quantitative estimate of drug-likeness (QED) is 0.00898. The van der Waals surface area contributed by atoms with Gasteiger partial charge < -0.3 is 0 Å². The van der Waals surface area contributed by atoms with Crippen molar-refractivity contribution in [2.75, 3.05) is 131 Å². The number of hydrogen-bond acceptors (Lipinski definition) is 26. The number of rotatable bonds is 38. The maximum Gasteiger partial charge on any atom is 0.254 e. The summed E-state index contributed by atoms with van der Waals surface area (Å²) in [4.78, 5) is 155. The van der Waals surface area contributed by atoms with E-state index in [2.05, 4.69) is 69.0 Å². The highest BCUT2D eigenvalue weighted by atomic mass is 16.2. The van der Waals surface area contributed by atoms with E-state index in [1.165, 1.54) is 43.9 Å². The van der Waals surface area contributed by atoms with Gasteiger partial charge in [-0.05, 0) is 0 Å². The Morgan fingerprint density at radius 2 is 0.526 bits per heavy atom. The molecule has 2 rings (SSSR count). The van der Waals surface area contributed by atoms with Crippen LogP contribution in [0, 0.1) is 0 Å². The van der Waals surface area contributed by atoms with Crippen LogP contribution in [0.25, 0.3) is 0 Å². The second kappa shape index (κ2) is 37.5. The lowest BCUT2D eigenvalue weighted by atomic mass is 10.3. The van der Waals surface area contributed by atoms with E-state index in [0.29, 0.717) is 0 Å². The highest BCUT2D eigenvalue weighted by Gasteiger charge is 2.27. The van der Waals surface area contributed by atoms with Crippen molar-refractivity contribution >= 4 is 97.8 Å². The third-order valence-corrected chi connectivity index (χ3v) is 10.4. The molecule has 0 saturated carbocycles. The first kappa shape index (κ1) is 65.8. The van der Waals surface area contributed by atoms with Crippen LogP contribution in [-0.2, 0) is 57.5 Å². The van der Waals surface area contributed by atoms with Crippen molar-refractivity contribution in [1.29, 1.82) is 0 Å². The Labute approximate surface area is 436 Å². The number of nitrogens with zero attached hydrogens (tertiary/aromatic N) is 12. The predicted molar refractivity (Wildman–Crippen MR) is 270 cm³/mol. The highest BCUT2D eigenvalue weighted by Crippen LogP contribution is 2.07. The molecule has 12 amide bonds. The molecule has 76 heavy (non-hydrogen) atoms. The van der Waals surface area contributed by atoms with E-state index >= 15 is 0 Å². The molecule has 16 N–H and O–H groups in total. The van der Waals surface area contributed by atoms with Crippen molar-refractivity contribution < 1.29 is 57.5 Å². The van der Waals surface area contributed by atoms with Crippen molar-refractivity contribution in [2.24, 2.45) is 43.8 Å². The summed E-state index contributed by atoms with van der Waals surface area (Å²) < 4.78 is 0. The number of amides is 12. The standard InChI is InChI=1S/C22H34N12O6.C18H34N12O6/c1-23-27-17(35)13-32(14-18(36)28-24-2)9-7-31(11-12-34-21(39)5-6-22(34)40)8-10-33(15-19(37)29-25-3)16-20(38)30-26-4;19-23-13(31)9-28(10-14(32)24-20)5-3-27(7-8-30-17(35)1-2-18(30)36)4-6-29(11-15(33)25-21)12-16(34)26-22/h5-6H,1-4,7-16H2,(H,27,35)(H,28,36)(H,29,37)(H,30,38);1-2H,3-12,19-22H2,(H,23,31)(H,24,32)(H,25,33)(H,26,34). The van der Waals surface area contributed by atoms with Gasteiger partial charge in [-0.1, -0.05) is 0 Å². The van der Waals surface area contributed by atoms with Crippen LogP contribution >= 0.6 is 0 Å². The summed E-state index contributed by atoms with van der Waals surface area (Å²) in [6.45, 7) is 13.7. The van der Waals surface area contributed by atoms with Crippen LogP contribution in [0.2, 0.25) is 0 Å². The molecule has 0 fully saturated rings. The average molecular weight is 1080 g/mol. The number of nitrogens with one attached hydrogen (secondary N) is 8. The molecule has 36 heteroatoms. The van der Waals surface area contributed by atoms with Gasteiger partial charge in [0.1, 0.15) is 0 Å². The fourth-order valence-corrected chi connectivity index (χ4v) is 6.75. The molecular weight excluding hydrogens is 1010 g/mol. The van der Waals surface area contributed by atoms with Crippen molar-refractivity contribution in [2.45, 2.75) is 0 Å². The van der Waals surface area contributed by atoms with Crippen LogP contribution < -0.4 is 66.8 Å². The molecule has 0 aromatic rings. The number of hydrazone groups is 4. The van der Waals surface area contributed by atoms with E-state index in [1.54, 1.807) is 0 Å². The molecule has 0 spiro atoms. The molecule has 0 bridgehead atoms. The maximum absolute atomic E-state index is 12.1. The number of imide groups is 2. The zero-order valence-corrected chi connectivity index (χ0v) is 41.9. The fraction of sp³-hybridized carbons (Fsp3) is 0.500. The first-order valence-electron chi connectivity index (χ1n) is 22.6. The second-order valence-corrected chi connectivity index (χ2v) is 15.9. The minimum absolute atomic E-state index is 0.0636. The van der Waals surface area contributed by atoms with Crippen molar-refractivity contribution in [1.82, 2.24) is 82.6 Å². The molecule has 0 radical (unpaired) electrons. The Balaban J connectivity index is 0.000000764. The van der Waals surface area contributed by atoms with Crippen LogP contribution in [0.5, 0.6) is 0 Å². The van der Waals surface area contributed by atoms with Crippen molar-refractivity contribution in [3.05, 3.63) is 24.3 Å². The molecule has 0 saturated heterocycles. The summed E-state index contributed by atoms with van der Waals surface area (Å²) in [6.07, 6.45) is 4.69. The lowest BCUT2D eigenvalue weighted by Crippen LogP contribution is -2.50. The molecular formula is C40H68N24O12. The van der Waals surface area contributed by atoms with Crippen molar-refractivity contribution in [3.8, 4) is 0 Å². The van der Waals surface area contributed by atoms with Crippen LogP contribution in [0.15, 0.2) is 44.7 Å². The summed E-state index contributed by atoms with van der Waals surface area (Å²) in [7, 11) is 0. The smallest absolute Gasteiger partial charge is 0.254 e. The fourth-order valence-electron chi connectivity index (χ4n) is 6.75. The Hall–Kier alpha value is -8.20. The lowest BCUT2D eigenvalue weighted by molar-refractivity contribution is -0.138. The molecule has 0 unspecified atom stereocenters. The summed E-state index contributed by atoms with van der Waals surface area (Å²) >= 11 is 0. The van der Waals surface area contributed by atoms with E-state index in [0.717, 1.165) is 9.80 Å². The highest BCUT2D eigenvalue weighted by molar-refractivity contribution is 6.13. The SMILES string of the molecule is C=NNC(=O)CN(CCN(CCN(CC(=O)NN=C)CC(=O)NN=C)CCN1C(=O)C=CC1=O)CC(=O)NN=C.NNC(=O)CN(CCN(CCN(CC(=O)NN)CC(=O)NN)CCN1C(=O)C=CC1=O)CC(=O)NN. The van der Waals surface area contributed by atoms with Gasteiger partial charge in [-0.3, -0.25) is 118 Å². The predicted octanol–water partition coefficient (Wildman–Crippen LogP) is -11.5. The van der Waals surface area contributed by atoms with Gasteiger partial charge >= 0.3 is 0 Å². The van der Waals surface area contributed by atoms with Gasteiger partial charge in [-0.15, -0.1) is 0 Å². The third-order valence-electron chi connectivity index (χ3n) is 10.4. The van der Waals surface area contributed by atoms with E-state index in [-0.39, 0.29) is 131 Å². The minimum Gasteiger partial charge on any atom is -0.299 e. The molecule has 2 heterocycles. The van der Waals surface area contributed by atoms with Gasteiger partial charge in [0.25, 0.3) is 47.3 Å². The summed E-state index contributed by atoms with van der Waals surface area (Å²) in [5, 5.41) is 13.3. The van der Waals surface area contributed by atoms with Gasteiger partial charge in [-0.25, -0.2) is 45.1 Å². The molecule has 0 aromatic carbocycles. The molecule has 0 aliphatic carbocycles. The zero-order chi connectivity index (χ0) is 57.0. The molecule has 0 aromatic heterocycles. The molecule has 0 atom stereocenters.